The average Bonchev–Trinajstić information content (AvgIpc) is 3.41. The van der Waals surface area contributed by atoms with Gasteiger partial charge in [0.25, 0.3) is 0 Å². The van der Waals surface area contributed by atoms with Crippen molar-refractivity contribution in [3.05, 3.63) is 29.3 Å². The first-order valence-corrected chi connectivity index (χ1v) is 9.86. The van der Waals surface area contributed by atoms with Gasteiger partial charge in [0.05, 0.1) is 0 Å². The number of fused-ring (bicyclic) bond motifs is 1. The number of hydrogen-bond acceptors (Lipinski definition) is 2. The van der Waals surface area contributed by atoms with E-state index in [1.807, 2.05) is 0 Å². The van der Waals surface area contributed by atoms with Crippen LogP contribution < -0.4 is 5.32 Å². The summed E-state index contributed by atoms with van der Waals surface area (Å²) in [6.45, 7) is 2.73. The van der Waals surface area contributed by atoms with Gasteiger partial charge in [-0.1, -0.05) is 25.0 Å². The standard InChI is InChI=1S/C21H30N2/c1-22-19-7-4-6-17-16(19)13-20-18-5-2-3-10-21(17,18)11-12-23(20)14-15-8-9-15/h4,6-7,15,18,20,22H,2-3,5,8-14H2,1H3/t18-,20+,21-/m0/s1. The molecule has 3 aliphatic carbocycles. The molecule has 0 aromatic heterocycles. The molecule has 3 fully saturated rings. The van der Waals surface area contributed by atoms with Gasteiger partial charge < -0.3 is 5.32 Å². The molecule has 1 aliphatic heterocycles. The Bertz CT molecular complexity index is 606. The summed E-state index contributed by atoms with van der Waals surface area (Å²) >= 11 is 0. The topological polar surface area (TPSA) is 15.3 Å². The Labute approximate surface area is 140 Å². The van der Waals surface area contributed by atoms with Gasteiger partial charge in [0.2, 0.25) is 0 Å². The van der Waals surface area contributed by atoms with Crippen molar-refractivity contribution in [2.45, 2.75) is 62.8 Å². The van der Waals surface area contributed by atoms with E-state index in [1.54, 1.807) is 11.1 Å². The van der Waals surface area contributed by atoms with E-state index in [4.69, 9.17) is 0 Å². The second-order valence-corrected chi connectivity index (χ2v) is 8.55. The largest absolute Gasteiger partial charge is 0.388 e. The zero-order valence-electron chi connectivity index (χ0n) is 14.5. The highest BCUT2D eigenvalue weighted by molar-refractivity contribution is 5.59. The quantitative estimate of drug-likeness (QED) is 0.900. The van der Waals surface area contributed by atoms with E-state index in [9.17, 15) is 0 Å². The Morgan fingerprint density at radius 1 is 1.17 bits per heavy atom. The number of benzene rings is 1. The molecule has 1 heterocycles. The van der Waals surface area contributed by atoms with Gasteiger partial charge in [-0.3, -0.25) is 4.90 Å². The fourth-order valence-electron chi connectivity index (χ4n) is 6.22. The molecule has 4 aliphatic rings. The van der Waals surface area contributed by atoms with E-state index in [0.29, 0.717) is 5.41 Å². The monoisotopic (exact) mass is 310 g/mol. The minimum absolute atomic E-state index is 0.503. The molecule has 0 radical (unpaired) electrons. The van der Waals surface area contributed by atoms with Gasteiger partial charge in [0.1, 0.15) is 0 Å². The van der Waals surface area contributed by atoms with Gasteiger partial charge in [-0.05, 0) is 74.1 Å². The van der Waals surface area contributed by atoms with E-state index in [2.05, 4.69) is 35.5 Å². The summed E-state index contributed by atoms with van der Waals surface area (Å²) in [6, 6.07) is 7.87. The Morgan fingerprint density at radius 3 is 2.91 bits per heavy atom. The second kappa shape index (κ2) is 5.24. The lowest BCUT2D eigenvalue weighted by atomic mass is 9.52. The zero-order valence-corrected chi connectivity index (χ0v) is 14.5. The van der Waals surface area contributed by atoms with Gasteiger partial charge in [-0.15, -0.1) is 0 Å². The molecule has 124 valence electrons. The molecule has 2 nitrogen and oxygen atoms in total. The van der Waals surface area contributed by atoms with E-state index in [1.165, 1.54) is 70.1 Å². The van der Waals surface area contributed by atoms with Crippen LogP contribution in [0.2, 0.25) is 0 Å². The average molecular weight is 310 g/mol. The summed E-state index contributed by atoms with van der Waals surface area (Å²) in [7, 11) is 2.10. The molecule has 0 spiro atoms. The van der Waals surface area contributed by atoms with E-state index in [0.717, 1.165) is 17.9 Å². The Balaban J connectivity index is 1.60. The summed E-state index contributed by atoms with van der Waals surface area (Å²) in [5, 5.41) is 3.49. The smallest absolute Gasteiger partial charge is 0.0373 e. The summed E-state index contributed by atoms with van der Waals surface area (Å²) in [5.74, 6) is 1.94. The molecule has 0 amide bonds. The third-order valence-electron chi connectivity index (χ3n) is 7.46. The molecule has 2 saturated carbocycles. The number of nitrogens with zero attached hydrogens (tertiary/aromatic N) is 1. The number of hydrogen-bond donors (Lipinski definition) is 1. The van der Waals surface area contributed by atoms with Crippen LogP contribution in [0.25, 0.3) is 0 Å². The molecule has 23 heavy (non-hydrogen) atoms. The fraction of sp³-hybridized carbons (Fsp3) is 0.714. The summed E-state index contributed by atoms with van der Waals surface area (Å²) < 4.78 is 0. The zero-order chi connectivity index (χ0) is 15.4. The lowest BCUT2D eigenvalue weighted by Gasteiger charge is -2.59. The predicted molar refractivity (Wildman–Crippen MR) is 96.0 cm³/mol. The van der Waals surface area contributed by atoms with Crippen LogP contribution in [0.4, 0.5) is 5.69 Å². The predicted octanol–water partition coefficient (Wildman–Crippen LogP) is 4.20. The molecular formula is C21H30N2. The van der Waals surface area contributed by atoms with Crippen LogP contribution in [0.1, 0.15) is 56.1 Å². The highest BCUT2D eigenvalue weighted by Crippen LogP contribution is 2.57. The summed E-state index contributed by atoms with van der Waals surface area (Å²) in [4.78, 5) is 2.90. The molecular weight excluding hydrogens is 280 g/mol. The molecule has 1 saturated heterocycles. The fourth-order valence-corrected chi connectivity index (χ4v) is 6.22. The Kier molecular flexibility index (Phi) is 3.27. The Morgan fingerprint density at radius 2 is 2.09 bits per heavy atom. The van der Waals surface area contributed by atoms with Gasteiger partial charge in [-0.25, -0.2) is 0 Å². The van der Waals surface area contributed by atoms with E-state index < -0.39 is 0 Å². The first-order valence-electron chi connectivity index (χ1n) is 9.86. The van der Waals surface area contributed by atoms with Crippen molar-refractivity contribution in [3.63, 3.8) is 0 Å². The van der Waals surface area contributed by atoms with Crippen LogP contribution in [-0.2, 0) is 11.8 Å². The normalized spacial score (nSPS) is 36.2. The second-order valence-electron chi connectivity index (χ2n) is 8.55. The summed E-state index contributed by atoms with van der Waals surface area (Å²) in [6.07, 6.45) is 11.5. The van der Waals surface area contributed by atoms with Crippen LogP contribution in [0.3, 0.4) is 0 Å². The molecule has 2 bridgehead atoms. The molecule has 1 aromatic rings. The van der Waals surface area contributed by atoms with Gasteiger partial charge >= 0.3 is 0 Å². The van der Waals surface area contributed by atoms with Gasteiger partial charge in [0, 0.05) is 30.7 Å². The van der Waals surface area contributed by atoms with Crippen molar-refractivity contribution in [1.82, 2.24) is 4.90 Å². The molecule has 1 aromatic carbocycles. The third-order valence-corrected chi connectivity index (χ3v) is 7.46. The third kappa shape index (κ3) is 2.10. The van der Waals surface area contributed by atoms with Crippen molar-refractivity contribution in [3.8, 4) is 0 Å². The van der Waals surface area contributed by atoms with Crippen LogP contribution in [-0.4, -0.2) is 31.1 Å². The molecule has 5 rings (SSSR count). The van der Waals surface area contributed by atoms with Crippen molar-refractivity contribution in [2.24, 2.45) is 11.8 Å². The number of nitrogens with one attached hydrogen (secondary N) is 1. The molecule has 3 atom stereocenters. The number of likely N-dealkylation sites (tertiary alicyclic amines) is 1. The first-order chi connectivity index (χ1) is 11.3. The van der Waals surface area contributed by atoms with Crippen molar-refractivity contribution < 1.29 is 0 Å². The first kappa shape index (κ1) is 14.3. The highest BCUT2D eigenvalue weighted by Gasteiger charge is 2.54. The maximum atomic E-state index is 3.49. The Hall–Kier alpha value is -1.02. The van der Waals surface area contributed by atoms with Crippen molar-refractivity contribution in [2.75, 3.05) is 25.5 Å². The van der Waals surface area contributed by atoms with Gasteiger partial charge in [-0.2, -0.15) is 0 Å². The van der Waals surface area contributed by atoms with E-state index >= 15 is 0 Å². The lowest BCUT2D eigenvalue weighted by Crippen LogP contribution is -2.61. The minimum atomic E-state index is 0.503. The summed E-state index contributed by atoms with van der Waals surface area (Å²) in [5.41, 5.74) is 5.27. The van der Waals surface area contributed by atoms with Crippen LogP contribution in [0.5, 0.6) is 0 Å². The van der Waals surface area contributed by atoms with E-state index in [-0.39, 0.29) is 0 Å². The van der Waals surface area contributed by atoms with Crippen LogP contribution in [0.15, 0.2) is 18.2 Å². The molecule has 0 unspecified atom stereocenters. The molecule has 1 N–H and O–H groups in total. The van der Waals surface area contributed by atoms with Gasteiger partial charge in [0.15, 0.2) is 0 Å². The van der Waals surface area contributed by atoms with Crippen molar-refractivity contribution in [1.29, 1.82) is 0 Å². The maximum absolute atomic E-state index is 3.49. The van der Waals surface area contributed by atoms with Crippen molar-refractivity contribution >= 4 is 5.69 Å². The number of piperidine rings is 1. The molecule has 2 heteroatoms. The number of anilines is 1. The van der Waals surface area contributed by atoms with Crippen LogP contribution in [0, 0.1) is 11.8 Å². The van der Waals surface area contributed by atoms with Crippen LogP contribution >= 0.6 is 0 Å². The lowest BCUT2D eigenvalue weighted by molar-refractivity contribution is -0.0131. The number of rotatable bonds is 3. The highest BCUT2D eigenvalue weighted by atomic mass is 15.2. The maximum Gasteiger partial charge on any atom is 0.0373 e. The minimum Gasteiger partial charge on any atom is -0.388 e. The SMILES string of the molecule is CNc1cccc2c1C[C@@H]1[C@@H]3CCCC[C@]23CCN1CC1CC1.